The standard InChI is InChI=1S/4C20H43O2PS2.Mo/c4*1-3-5-7-9-11-13-15-17-19-22-23(21,24)25-20-18-16-14-12-10-8-6-4-2;/h4*3-20H2,1-2H3,(H,21,24);/q;;;;+4/p-4. The van der Waals surface area contributed by atoms with E-state index >= 15 is 0 Å². The van der Waals surface area contributed by atoms with E-state index in [2.05, 4.69) is 55.4 Å². The predicted octanol–water partition coefficient (Wildman–Crippen LogP) is 30.4. The third-order valence-electron chi connectivity index (χ3n) is 18.0. The largest absolute Gasteiger partial charge is 4.00 e. The van der Waals surface area contributed by atoms with Crippen LogP contribution < -0.4 is 19.6 Å². The molecule has 101 heavy (non-hydrogen) atoms. The van der Waals surface area contributed by atoms with Gasteiger partial charge in [0.1, 0.15) is 0 Å². The van der Waals surface area contributed by atoms with Crippen LogP contribution in [-0.4, -0.2) is 49.4 Å². The molecule has 0 aliphatic heterocycles. The van der Waals surface area contributed by atoms with Gasteiger partial charge < -0.3 is 37.7 Å². The molecule has 0 aromatic carbocycles. The Labute approximate surface area is 683 Å². The first-order valence-electron chi connectivity index (χ1n) is 42.9. The van der Waals surface area contributed by atoms with Crippen molar-refractivity contribution in [3.05, 3.63) is 0 Å². The van der Waals surface area contributed by atoms with Crippen molar-refractivity contribution in [2.75, 3.05) is 49.4 Å². The third kappa shape index (κ3) is 109. The Morgan fingerprint density at radius 1 is 0.178 bits per heavy atom. The van der Waals surface area contributed by atoms with Crippen molar-refractivity contribution >= 4 is 116 Å². The second-order valence-corrected chi connectivity index (χ2v) is 52.9. The molecule has 0 heterocycles. The number of hydrogen-bond acceptors (Lipinski definition) is 16. The van der Waals surface area contributed by atoms with Gasteiger partial charge in [-0.15, -0.1) is 45.5 Å². The van der Waals surface area contributed by atoms with Gasteiger partial charge in [-0.25, -0.2) is 0 Å². The van der Waals surface area contributed by atoms with E-state index in [0.29, 0.717) is 26.4 Å². The molecule has 0 fully saturated rings. The van der Waals surface area contributed by atoms with Crippen LogP contribution in [0, 0.1) is 0 Å². The van der Waals surface area contributed by atoms with Gasteiger partial charge in [-0.2, -0.15) is 0 Å². The minimum atomic E-state index is -2.83. The topological polar surface area (TPSA) is 129 Å². The van der Waals surface area contributed by atoms with Crippen molar-refractivity contribution in [1.29, 1.82) is 0 Å². The van der Waals surface area contributed by atoms with Gasteiger partial charge in [-0.1, -0.05) is 462 Å². The molecule has 0 aromatic heterocycles. The summed E-state index contributed by atoms with van der Waals surface area (Å²) < 4.78 is 21.9. The van der Waals surface area contributed by atoms with Crippen molar-refractivity contribution in [1.82, 2.24) is 0 Å². The summed E-state index contributed by atoms with van der Waals surface area (Å²) >= 11 is 26.1. The molecule has 0 saturated heterocycles. The quantitative estimate of drug-likeness (QED) is 0.0325. The van der Waals surface area contributed by atoms with Crippen LogP contribution in [0.25, 0.3) is 0 Å². The molecule has 0 saturated carbocycles. The zero-order valence-corrected chi connectivity index (χ0v) is 79.8. The number of rotatable bonds is 80. The molecule has 0 aliphatic rings. The summed E-state index contributed by atoms with van der Waals surface area (Å²) in [5, 5.41) is 0. The molecule has 0 bridgehead atoms. The van der Waals surface area contributed by atoms with E-state index in [-0.39, 0.29) is 21.1 Å². The van der Waals surface area contributed by atoms with Gasteiger partial charge in [0.05, 0.1) is 26.4 Å². The van der Waals surface area contributed by atoms with Gasteiger partial charge >= 0.3 is 21.1 Å². The van der Waals surface area contributed by atoms with Crippen LogP contribution in [0.1, 0.15) is 466 Å². The van der Waals surface area contributed by atoms with Crippen LogP contribution in [0.3, 0.4) is 0 Å². The summed E-state index contributed by atoms with van der Waals surface area (Å²) in [6.45, 7) is 20.3. The maximum atomic E-state index is 12.2. The normalized spacial score (nSPS) is 13.7. The summed E-state index contributed by atoms with van der Waals surface area (Å²) in [6, 6.07) is 0. The van der Waals surface area contributed by atoms with Crippen molar-refractivity contribution in [3.8, 4) is 0 Å². The van der Waals surface area contributed by atoms with Crippen LogP contribution in [0.5, 0.6) is 0 Å². The number of hydrogen-bond donors (Lipinski definition) is 0. The van der Waals surface area contributed by atoms with E-state index in [1.165, 1.54) is 405 Å². The van der Waals surface area contributed by atoms with Crippen molar-refractivity contribution < 1.29 is 58.7 Å². The van der Waals surface area contributed by atoms with E-state index in [0.717, 1.165) is 74.4 Å². The minimum absolute atomic E-state index is 0. The van der Waals surface area contributed by atoms with Crippen LogP contribution >= 0.6 is 68.3 Å². The molecule has 610 valence electrons. The molecular formula is C80H168MoO8P4S8. The van der Waals surface area contributed by atoms with Crippen molar-refractivity contribution in [2.24, 2.45) is 0 Å². The maximum Gasteiger partial charge on any atom is 4.00 e. The molecule has 8 nitrogen and oxygen atoms in total. The zero-order valence-electron chi connectivity index (χ0n) is 67.6. The first-order valence-corrected chi connectivity index (χ1v) is 59.8. The number of unbranched alkanes of at least 4 members (excludes halogenated alkanes) is 56. The fourth-order valence-electron chi connectivity index (χ4n) is 11.4. The summed E-state index contributed by atoms with van der Waals surface area (Å²) in [6.07, 6.45) is 82.0. The first kappa shape index (κ1) is 114. The van der Waals surface area contributed by atoms with Gasteiger partial charge in [-0.05, 0) is 74.4 Å². The molecule has 0 rings (SSSR count). The Morgan fingerprint density at radius 3 is 0.396 bits per heavy atom. The Hall–Kier alpha value is 4.37. The maximum absolute atomic E-state index is 12.2. The predicted molar refractivity (Wildman–Crippen MR) is 472 cm³/mol. The van der Waals surface area contributed by atoms with Crippen molar-refractivity contribution in [2.45, 2.75) is 466 Å². The average Bonchev–Trinajstić information content (AvgIpc) is 1.12. The molecule has 0 aliphatic carbocycles. The van der Waals surface area contributed by atoms with E-state index < -0.39 is 22.8 Å². The smallest absolute Gasteiger partial charge is 0.793 e. The monoisotopic (exact) mass is 1730 g/mol. The van der Waals surface area contributed by atoms with Crippen LogP contribution in [0.2, 0.25) is 0 Å². The van der Waals surface area contributed by atoms with Gasteiger partial charge in [0.15, 0.2) is 0 Å². The van der Waals surface area contributed by atoms with Crippen molar-refractivity contribution in [3.63, 3.8) is 0 Å². The molecule has 0 spiro atoms. The molecule has 0 N–H and O–H groups in total. The van der Waals surface area contributed by atoms with Gasteiger partial charge in [0, 0.05) is 22.8 Å². The minimum Gasteiger partial charge on any atom is -0.793 e. The van der Waals surface area contributed by atoms with E-state index in [1.54, 1.807) is 0 Å². The van der Waals surface area contributed by atoms with Crippen LogP contribution in [0.4, 0.5) is 0 Å². The molecule has 4 atom stereocenters. The second kappa shape index (κ2) is 95.0. The molecule has 0 radical (unpaired) electrons. The SMILES string of the molecule is CCCCCCCCCCOP([O-])(=S)SCCCCCCCCCC.CCCCCCCCCCOP([O-])(=S)SCCCCCCCCCC.CCCCCCCCCCOP([O-])(=S)SCCCCCCCCCC.CCCCCCCCCCOP([O-])(=S)SCCCCCCCCCC.[Mo+4]. The van der Waals surface area contributed by atoms with Crippen LogP contribution in [0.15, 0.2) is 0 Å². The van der Waals surface area contributed by atoms with E-state index in [1.807, 2.05) is 0 Å². The fourth-order valence-corrected chi connectivity index (χ4v) is 25.0. The molecule has 0 aromatic rings. The molecule has 4 unspecified atom stereocenters. The van der Waals surface area contributed by atoms with Crippen LogP contribution in [-0.2, 0) is 86.4 Å². The third-order valence-corrected chi connectivity index (χ3v) is 35.4. The summed E-state index contributed by atoms with van der Waals surface area (Å²) in [7, 11) is 0. The molecule has 21 heteroatoms. The Balaban J connectivity index is -0.000000404. The Morgan fingerprint density at radius 2 is 0.277 bits per heavy atom. The molecule has 0 amide bonds. The average molecular weight is 1730 g/mol. The first-order chi connectivity index (χ1) is 48.5. The summed E-state index contributed by atoms with van der Waals surface area (Å²) in [5.41, 5.74) is -11.3. The summed E-state index contributed by atoms with van der Waals surface area (Å²) in [5.74, 6) is 3.53. The van der Waals surface area contributed by atoms with E-state index in [4.69, 9.17) is 65.3 Å². The van der Waals surface area contributed by atoms with E-state index in [9.17, 15) is 19.6 Å². The summed E-state index contributed by atoms with van der Waals surface area (Å²) in [4.78, 5) is 48.7. The Bertz CT molecular complexity index is 1400. The van der Waals surface area contributed by atoms with Gasteiger partial charge in [0.2, 0.25) is 0 Å². The van der Waals surface area contributed by atoms with Gasteiger partial charge in [-0.3, -0.25) is 0 Å². The molecular weight excluding hydrogens is 1570 g/mol. The fraction of sp³-hybridized carbons (Fsp3) is 1.00. The van der Waals surface area contributed by atoms with Gasteiger partial charge in [0.25, 0.3) is 0 Å². The Kier molecular flexibility index (Phi) is 107. The zero-order chi connectivity index (χ0) is 74.6. The second-order valence-electron chi connectivity index (χ2n) is 28.3.